The molecule has 0 aliphatic rings. The van der Waals surface area contributed by atoms with Crippen LogP contribution in [0.15, 0.2) is 40.9 Å². The van der Waals surface area contributed by atoms with Gasteiger partial charge < -0.3 is 14.8 Å². The Hall–Kier alpha value is -1.59. The predicted octanol–water partition coefficient (Wildman–Crippen LogP) is 7.02. The highest BCUT2D eigenvalue weighted by molar-refractivity contribution is 9.10. The average Bonchev–Trinajstić information content (AvgIpc) is 2.71. The van der Waals surface area contributed by atoms with Crippen LogP contribution in [-0.2, 0) is 13.2 Å². The van der Waals surface area contributed by atoms with E-state index in [-0.39, 0.29) is 12.4 Å². The Morgan fingerprint density at radius 2 is 1.72 bits per heavy atom. The normalized spacial score (nSPS) is 10.9. The molecule has 0 atom stereocenters. The maximum absolute atomic E-state index is 13.9. The van der Waals surface area contributed by atoms with Gasteiger partial charge in [0.05, 0.1) is 11.1 Å². The Morgan fingerprint density at radius 1 is 0.966 bits per heavy atom. The molecular weight excluding hydrogens is 433 g/mol. The molecule has 3 nitrogen and oxygen atoms in total. The topological polar surface area (TPSA) is 30.5 Å². The number of benzene rings is 2. The Balaban J connectivity index is 1.90. The van der Waals surface area contributed by atoms with E-state index in [1.54, 1.807) is 18.2 Å². The van der Waals surface area contributed by atoms with Gasteiger partial charge in [0.15, 0.2) is 11.5 Å². The summed E-state index contributed by atoms with van der Waals surface area (Å²) in [5.74, 6) is 1.02. The van der Waals surface area contributed by atoms with Crippen LogP contribution >= 0.6 is 15.9 Å². The fourth-order valence-electron chi connectivity index (χ4n) is 3.15. The molecule has 0 heterocycles. The number of halogens is 2. The number of unbranched alkanes of at least 4 members (excludes halogenated alkanes) is 5. The van der Waals surface area contributed by atoms with E-state index in [0.717, 1.165) is 23.1 Å². The summed E-state index contributed by atoms with van der Waals surface area (Å²) in [7, 11) is 0. The lowest BCUT2D eigenvalue weighted by atomic mass is 10.1. The SMILES string of the molecule is CCCCCCCCNCc1cc(Br)c(OCc2ccccc2F)c(OCC)c1. The minimum atomic E-state index is -0.267. The van der Waals surface area contributed by atoms with E-state index in [2.05, 4.69) is 28.2 Å². The van der Waals surface area contributed by atoms with E-state index < -0.39 is 0 Å². The highest BCUT2D eigenvalue weighted by atomic mass is 79.9. The van der Waals surface area contributed by atoms with E-state index in [9.17, 15) is 4.39 Å². The maximum atomic E-state index is 13.9. The standard InChI is InChI=1S/C24H33BrFNO2/c1-3-5-6-7-8-11-14-27-17-19-15-21(25)24(23(16-19)28-4-2)29-18-20-12-9-10-13-22(20)26/h9-10,12-13,15-16,27H,3-8,11,14,17-18H2,1-2H3. The van der Waals surface area contributed by atoms with Crippen LogP contribution in [0.4, 0.5) is 4.39 Å². The predicted molar refractivity (Wildman–Crippen MR) is 121 cm³/mol. The molecule has 0 bridgehead atoms. The summed E-state index contributed by atoms with van der Waals surface area (Å²) in [6, 6.07) is 10.7. The van der Waals surface area contributed by atoms with Gasteiger partial charge in [0, 0.05) is 12.1 Å². The monoisotopic (exact) mass is 465 g/mol. The average molecular weight is 466 g/mol. The quantitative estimate of drug-likeness (QED) is 0.304. The Morgan fingerprint density at radius 3 is 2.48 bits per heavy atom. The van der Waals surface area contributed by atoms with E-state index in [1.807, 2.05) is 19.1 Å². The molecule has 0 aliphatic heterocycles. The summed E-state index contributed by atoms with van der Waals surface area (Å²) in [4.78, 5) is 0. The van der Waals surface area contributed by atoms with Crippen LogP contribution in [0.3, 0.4) is 0 Å². The lowest BCUT2D eigenvalue weighted by Gasteiger charge is -2.16. The van der Waals surface area contributed by atoms with Gasteiger partial charge >= 0.3 is 0 Å². The number of rotatable bonds is 14. The van der Waals surface area contributed by atoms with Crippen molar-refractivity contribution in [1.29, 1.82) is 0 Å². The van der Waals surface area contributed by atoms with Gasteiger partial charge in [0.25, 0.3) is 0 Å². The molecule has 0 radical (unpaired) electrons. The molecule has 1 N–H and O–H groups in total. The van der Waals surface area contributed by atoms with Crippen LogP contribution in [0.1, 0.15) is 63.5 Å². The second-order valence-corrected chi connectivity index (χ2v) is 8.02. The van der Waals surface area contributed by atoms with Gasteiger partial charge in [-0.25, -0.2) is 4.39 Å². The van der Waals surface area contributed by atoms with E-state index in [0.29, 0.717) is 23.7 Å². The molecule has 5 heteroatoms. The van der Waals surface area contributed by atoms with Gasteiger partial charge in [-0.1, -0.05) is 57.2 Å². The second-order valence-electron chi connectivity index (χ2n) is 7.16. The molecule has 0 saturated carbocycles. The molecule has 0 spiro atoms. The molecule has 2 aromatic rings. The van der Waals surface area contributed by atoms with Gasteiger partial charge in [-0.15, -0.1) is 0 Å². The van der Waals surface area contributed by atoms with Crippen molar-refractivity contribution >= 4 is 15.9 Å². The molecule has 2 rings (SSSR count). The van der Waals surface area contributed by atoms with Crippen LogP contribution in [0.2, 0.25) is 0 Å². The third kappa shape index (κ3) is 8.35. The molecule has 0 saturated heterocycles. The molecule has 160 valence electrons. The van der Waals surface area contributed by atoms with Crippen LogP contribution in [0.5, 0.6) is 11.5 Å². The van der Waals surface area contributed by atoms with Crippen molar-refractivity contribution in [3.05, 3.63) is 57.8 Å². The molecule has 0 aliphatic carbocycles. The number of nitrogens with one attached hydrogen (secondary N) is 1. The first kappa shape index (κ1) is 23.7. The van der Waals surface area contributed by atoms with Crippen molar-refractivity contribution in [2.75, 3.05) is 13.2 Å². The zero-order chi connectivity index (χ0) is 20.9. The van der Waals surface area contributed by atoms with Crippen LogP contribution in [-0.4, -0.2) is 13.2 Å². The van der Waals surface area contributed by atoms with Crippen molar-refractivity contribution in [1.82, 2.24) is 5.32 Å². The van der Waals surface area contributed by atoms with Crippen LogP contribution in [0, 0.1) is 5.82 Å². The number of hydrogen-bond acceptors (Lipinski definition) is 3. The molecule has 0 fully saturated rings. The maximum Gasteiger partial charge on any atom is 0.175 e. The summed E-state index contributed by atoms with van der Waals surface area (Å²) in [6.45, 7) is 6.67. The largest absolute Gasteiger partial charge is 0.490 e. The van der Waals surface area contributed by atoms with Gasteiger partial charge in [-0.3, -0.25) is 0 Å². The summed E-state index contributed by atoms with van der Waals surface area (Å²) in [5, 5.41) is 3.51. The highest BCUT2D eigenvalue weighted by Gasteiger charge is 2.13. The number of hydrogen-bond donors (Lipinski definition) is 1. The number of ether oxygens (including phenoxy) is 2. The van der Waals surface area contributed by atoms with Crippen molar-refractivity contribution in [3.8, 4) is 11.5 Å². The zero-order valence-electron chi connectivity index (χ0n) is 17.6. The molecule has 0 amide bonds. The lowest BCUT2D eigenvalue weighted by Crippen LogP contribution is -2.15. The minimum Gasteiger partial charge on any atom is -0.490 e. The Kier molecular flexibility index (Phi) is 11.1. The van der Waals surface area contributed by atoms with Crippen molar-refractivity contribution in [2.45, 2.75) is 65.5 Å². The van der Waals surface area contributed by atoms with Crippen LogP contribution < -0.4 is 14.8 Å². The minimum absolute atomic E-state index is 0.154. The first-order valence-corrected chi connectivity index (χ1v) is 11.5. The fourth-order valence-corrected chi connectivity index (χ4v) is 3.76. The zero-order valence-corrected chi connectivity index (χ0v) is 19.2. The summed E-state index contributed by atoms with van der Waals surface area (Å²) in [5.41, 5.74) is 1.65. The third-order valence-electron chi connectivity index (χ3n) is 4.74. The molecule has 2 aromatic carbocycles. The highest BCUT2D eigenvalue weighted by Crippen LogP contribution is 2.37. The second kappa shape index (κ2) is 13.6. The van der Waals surface area contributed by atoms with Crippen molar-refractivity contribution in [2.24, 2.45) is 0 Å². The van der Waals surface area contributed by atoms with E-state index in [1.165, 1.54) is 44.6 Å². The summed E-state index contributed by atoms with van der Waals surface area (Å²) in [6.07, 6.45) is 7.78. The Bertz CT molecular complexity index is 739. The molecule has 29 heavy (non-hydrogen) atoms. The van der Waals surface area contributed by atoms with Crippen LogP contribution in [0.25, 0.3) is 0 Å². The van der Waals surface area contributed by atoms with Crippen molar-refractivity contribution < 1.29 is 13.9 Å². The Labute approximate surface area is 183 Å². The van der Waals surface area contributed by atoms with Crippen molar-refractivity contribution in [3.63, 3.8) is 0 Å². The fraction of sp³-hybridized carbons (Fsp3) is 0.500. The summed E-state index contributed by atoms with van der Waals surface area (Å²) < 4.78 is 26.4. The summed E-state index contributed by atoms with van der Waals surface area (Å²) >= 11 is 3.59. The first-order valence-electron chi connectivity index (χ1n) is 10.7. The van der Waals surface area contributed by atoms with Gasteiger partial charge in [0.1, 0.15) is 12.4 Å². The van der Waals surface area contributed by atoms with Gasteiger partial charge in [0.2, 0.25) is 0 Å². The first-order chi connectivity index (χ1) is 14.2. The van der Waals surface area contributed by atoms with E-state index >= 15 is 0 Å². The van der Waals surface area contributed by atoms with Gasteiger partial charge in [-0.05, 0) is 59.6 Å². The van der Waals surface area contributed by atoms with E-state index in [4.69, 9.17) is 9.47 Å². The lowest BCUT2D eigenvalue weighted by molar-refractivity contribution is 0.264. The molecule has 0 aromatic heterocycles. The molecular formula is C24H33BrFNO2. The third-order valence-corrected chi connectivity index (χ3v) is 5.32. The van der Waals surface area contributed by atoms with Gasteiger partial charge in [-0.2, -0.15) is 0 Å². The smallest absolute Gasteiger partial charge is 0.175 e. The molecule has 0 unspecified atom stereocenters.